The van der Waals surface area contributed by atoms with Gasteiger partial charge in [-0.1, -0.05) is 20.8 Å². The molecule has 0 bridgehead atoms. The maximum absolute atomic E-state index is 13.8. The molecule has 0 unspecified atom stereocenters. The van der Waals surface area contributed by atoms with E-state index in [0.717, 1.165) is 18.8 Å². The van der Waals surface area contributed by atoms with Crippen LogP contribution < -0.4 is 5.32 Å². The highest BCUT2D eigenvalue weighted by atomic mass is 19.1. The lowest BCUT2D eigenvalue weighted by Crippen LogP contribution is -2.31. The Morgan fingerprint density at radius 1 is 1.20 bits per heavy atom. The molecule has 0 atom stereocenters. The molecule has 108 valence electrons. The van der Waals surface area contributed by atoms with Crippen molar-refractivity contribution in [3.8, 4) is 6.07 Å². The third-order valence-corrected chi connectivity index (χ3v) is 4.41. The SMILES string of the molecule is CC(C)(C)C1CCC(Nc2ccc(C#N)cc2F)CC1. The average Bonchev–Trinajstić information content (AvgIpc) is 2.40. The summed E-state index contributed by atoms with van der Waals surface area (Å²) in [6.45, 7) is 6.89. The Kier molecular flexibility index (Phi) is 4.32. The van der Waals surface area contributed by atoms with Crippen LogP contribution in [0.5, 0.6) is 0 Å². The summed E-state index contributed by atoms with van der Waals surface area (Å²) >= 11 is 0. The van der Waals surface area contributed by atoms with Crippen molar-refractivity contribution in [3.05, 3.63) is 29.6 Å². The Bertz CT molecular complexity index is 503. The molecule has 0 amide bonds. The van der Waals surface area contributed by atoms with E-state index in [1.165, 1.54) is 18.9 Å². The highest BCUT2D eigenvalue weighted by Gasteiger charge is 2.29. The van der Waals surface area contributed by atoms with Crippen LogP contribution in [0.4, 0.5) is 10.1 Å². The maximum atomic E-state index is 13.8. The zero-order valence-corrected chi connectivity index (χ0v) is 12.5. The minimum absolute atomic E-state index is 0.331. The number of anilines is 1. The van der Waals surface area contributed by atoms with Gasteiger partial charge in [0.2, 0.25) is 0 Å². The molecule has 1 saturated carbocycles. The molecule has 1 aliphatic rings. The van der Waals surface area contributed by atoms with Crippen molar-refractivity contribution >= 4 is 5.69 Å². The fraction of sp³-hybridized carbons (Fsp3) is 0.588. The predicted octanol–water partition coefficient (Wildman–Crippen LogP) is 4.71. The van der Waals surface area contributed by atoms with Crippen molar-refractivity contribution < 1.29 is 4.39 Å². The summed E-state index contributed by atoms with van der Waals surface area (Å²) in [5.41, 5.74) is 1.25. The van der Waals surface area contributed by atoms with Gasteiger partial charge in [-0.3, -0.25) is 0 Å². The van der Waals surface area contributed by atoms with Crippen LogP contribution in [0.25, 0.3) is 0 Å². The van der Waals surface area contributed by atoms with E-state index in [0.29, 0.717) is 22.7 Å². The summed E-state index contributed by atoms with van der Waals surface area (Å²) in [5, 5.41) is 12.0. The molecule has 0 saturated heterocycles. The van der Waals surface area contributed by atoms with Crippen LogP contribution in [0.15, 0.2) is 18.2 Å². The maximum Gasteiger partial charge on any atom is 0.147 e. The van der Waals surface area contributed by atoms with Gasteiger partial charge >= 0.3 is 0 Å². The Morgan fingerprint density at radius 3 is 2.35 bits per heavy atom. The third kappa shape index (κ3) is 3.50. The van der Waals surface area contributed by atoms with Gasteiger partial charge in [0.1, 0.15) is 5.82 Å². The van der Waals surface area contributed by atoms with E-state index in [2.05, 4.69) is 26.1 Å². The summed E-state index contributed by atoms with van der Waals surface area (Å²) in [7, 11) is 0. The lowest BCUT2D eigenvalue weighted by molar-refractivity contribution is 0.173. The van der Waals surface area contributed by atoms with Crippen molar-refractivity contribution in [3.63, 3.8) is 0 Å². The number of halogens is 1. The Balaban J connectivity index is 1.95. The molecule has 1 fully saturated rings. The lowest BCUT2D eigenvalue weighted by Gasteiger charge is -2.37. The lowest BCUT2D eigenvalue weighted by atomic mass is 9.71. The van der Waals surface area contributed by atoms with E-state index in [1.54, 1.807) is 12.1 Å². The molecule has 0 radical (unpaired) electrons. The normalized spacial score (nSPS) is 23.1. The van der Waals surface area contributed by atoms with Crippen molar-refractivity contribution in [1.29, 1.82) is 5.26 Å². The standard InChI is InChI=1S/C17H23FN2/c1-17(2,3)13-5-7-14(8-6-13)20-16-9-4-12(11-19)10-15(16)18/h4,9-10,13-14,20H,5-8H2,1-3H3. The molecule has 2 rings (SSSR count). The largest absolute Gasteiger partial charge is 0.380 e. The smallest absolute Gasteiger partial charge is 0.147 e. The van der Waals surface area contributed by atoms with Crippen LogP contribution in [-0.4, -0.2) is 6.04 Å². The molecule has 1 aromatic carbocycles. The van der Waals surface area contributed by atoms with E-state index < -0.39 is 0 Å². The summed E-state index contributed by atoms with van der Waals surface area (Å²) < 4.78 is 13.8. The predicted molar refractivity (Wildman–Crippen MR) is 79.9 cm³/mol. The minimum atomic E-state index is -0.331. The number of nitrogens with one attached hydrogen (secondary N) is 1. The molecule has 1 aliphatic carbocycles. The van der Waals surface area contributed by atoms with Crippen molar-refractivity contribution in [1.82, 2.24) is 0 Å². The first kappa shape index (κ1) is 14.8. The molecule has 20 heavy (non-hydrogen) atoms. The molecule has 2 nitrogen and oxygen atoms in total. The van der Waals surface area contributed by atoms with Crippen molar-refractivity contribution in [2.75, 3.05) is 5.32 Å². The summed E-state index contributed by atoms with van der Waals surface area (Å²) in [4.78, 5) is 0. The number of benzene rings is 1. The van der Waals surface area contributed by atoms with E-state index >= 15 is 0 Å². The monoisotopic (exact) mass is 274 g/mol. The van der Waals surface area contributed by atoms with Gasteiger partial charge in [-0.15, -0.1) is 0 Å². The first-order chi connectivity index (χ1) is 9.40. The fourth-order valence-electron chi connectivity index (χ4n) is 3.03. The van der Waals surface area contributed by atoms with E-state index in [1.807, 2.05) is 6.07 Å². The molecule has 0 aromatic heterocycles. The van der Waals surface area contributed by atoms with Crippen molar-refractivity contribution in [2.24, 2.45) is 11.3 Å². The molecular formula is C17H23FN2. The topological polar surface area (TPSA) is 35.8 Å². The number of hydrogen-bond donors (Lipinski definition) is 1. The van der Waals surface area contributed by atoms with Gasteiger partial charge in [-0.05, 0) is 55.2 Å². The number of rotatable bonds is 2. The Morgan fingerprint density at radius 2 is 1.85 bits per heavy atom. The van der Waals surface area contributed by atoms with Gasteiger partial charge < -0.3 is 5.32 Å². The number of nitrogens with zero attached hydrogens (tertiary/aromatic N) is 1. The number of nitriles is 1. The van der Waals surface area contributed by atoms with Gasteiger partial charge in [-0.25, -0.2) is 4.39 Å². The van der Waals surface area contributed by atoms with E-state index in [9.17, 15) is 4.39 Å². The molecule has 3 heteroatoms. The molecule has 0 aliphatic heterocycles. The zero-order chi connectivity index (χ0) is 14.8. The minimum Gasteiger partial charge on any atom is -0.380 e. The molecule has 1 aromatic rings. The highest BCUT2D eigenvalue weighted by Crippen LogP contribution is 2.38. The second-order valence-electron chi connectivity index (χ2n) is 6.87. The average molecular weight is 274 g/mol. The van der Waals surface area contributed by atoms with Gasteiger partial charge in [0, 0.05) is 6.04 Å². The van der Waals surface area contributed by atoms with Crippen LogP contribution in [0.1, 0.15) is 52.0 Å². The van der Waals surface area contributed by atoms with Gasteiger partial charge in [0.05, 0.1) is 17.3 Å². The molecule has 0 spiro atoms. The molecule has 0 heterocycles. The van der Waals surface area contributed by atoms with Crippen LogP contribution in [0.2, 0.25) is 0 Å². The first-order valence-corrected chi connectivity index (χ1v) is 7.36. The van der Waals surface area contributed by atoms with Gasteiger partial charge in [0.25, 0.3) is 0 Å². The van der Waals surface area contributed by atoms with Crippen LogP contribution >= 0.6 is 0 Å². The third-order valence-electron chi connectivity index (χ3n) is 4.41. The van der Waals surface area contributed by atoms with Crippen LogP contribution in [-0.2, 0) is 0 Å². The zero-order valence-electron chi connectivity index (χ0n) is 12.5. The summed E-state index contributed by atoms with van der Waals surface area (Å²) in [6.07, 6.45) is 4.56. The van der Waals surface area contributed by atoms with Crippen LogP contribution in [0, 0.1) is 28.5 Å². The van der Waals surface area contributed by atoms with E-state index in [4.69, 9.17) is 5.26 Å². The first-order valence-electron chi connectivity index (χ1n) is 7.36. The van der Waals surface area contributed by atoms with Crippen molar-refractivity contribution in [2.45, 2.75) is 52.5 Å². The Hall–Kier alpha value is -1.56. The second kappa shape index (κ2) is 5.83. The van der Waals surface area contributed by atoms with Crippen LogP contribution in [0.3, 0.4) is 0 Å². The molecular weight excluding hydrogens is 251 g/mol. The number of hydrogen-bond acceptors (Lipinski definition) is 2. The fourth-order valence-corrected chi connectivity index (χ4v) is 3.03. The summed E-state index contributed by atoms with van der Waals surface area (Å²) in [5.74, 6) is 0.424. The van der Waals surface area contributed by atoms with E-state index in [-0.39, 0.29) is 5.82 Å². The van der Waals surface area contributed by atoms with Gasteiger partial charge in [0.15, 0.2) is 0 Å². The molecule has 1 N–H and O–H groups in total. The second-order valence-corrected chi connectivity index (χ2v) is 6.87. The highest BCUT2D eigenvalue weighted by molar-refractivity contribution is 5.49. The summed E-state index contributed by atoms with van der Waals surface area (Å²) in [6, 6.07) is 6.92. The quantitative estimate of drug-likeness (QED) is 0.847. The van der Waals surface area contributed by atoms with Gasteiger partial charge in [-0.2, -0.15) is 5.26 Å². The Labute approximate surface area is 121 Å².